The lowest BCUT2D eigenvalue weighted by atomic mass is 10.0. The van der Waals surface area contributed by atoms with Gasteiger partial charge in [-0.1, -0.05) is 11.6 Å². The number of hydrogen-bond donors (Lipinski definition) is 0. The number of amides is 1. The van der Waals surface area contributed by atoms with E-state index >= 15 is 0 Å². The highest BCUT2D eigenvalue weighted by Crippen LogP contribution is 2.23. The minimum atomic E-state index is 0.157. The Morgan fingerprint density at radius 1 is 1.30 bits per heavy atom. The van der Waals surface area contributed by atoms with Crippen molar-refractivity contribution >= 4 is 17.5 Å². The normalized spacial score (nSPS) is 16.0. The van der Waals surface area contributed by atoms with E-state index in [0.29, 0.717) is 41.6 Å². The van der Waals surface area contributed by atoms with Crippen molar-refractivity contribution in [1.29, 1.82) is 0 Å². The van der Waals surface area contributed by atoms with Crippen molar-refractivity contribution in [3.63, 3.8) is 0 Å². The molecule has 6 heteroatoms. The van der Waals surface area contributed by atoms with Gasteiger partial charge in [0, 0.05) is 55.6 Å². The van der Waals surface area contributed by atoms with Crippen molar-refractivity contribution in [3.05, 3.63) is 41.4 Å². The van der Waals surface area contributed by atoms with Crippen molar-refractivity contribution in [2.24, 2.45) is 0 Å². The molecule has 1 aliphatic rings. The van der Waals surface area contributed by atoms with E-state index in [1.807, 2.05) is 36.2 Å². The Balaban J connectivity index is 1.50. The van der Waals surface area contributed by atoms with Crippen LogP contribution in [0.25, 0.3) is 11.3 Å². The van der Waals surface area contributed by atoms with Crippen LogP contribution in [0.4, 0.5) is 0 Å². The third kappa shape index (κ3) is 5.11. The van der Waals surface area contributed by atoms with Gasteiger partial charge in [-0.15, -0.1) is 0 Å². The summed E-state index contributed by atoms with van der Waals surface area (Å²) < 4.78 is 5.79. The van der Waals surface area contributed by atoms with E-state index in [2.05, 4.69) is 23.7 Å². The lowest BCUT2D eigenvalue weighted by Crippen LogP contribution is -2.47. The SMILES string of the molecule is CC(C)N1CCC(N(C)C(=O)CCc2ncc(-c3ccc(Cl)cc3)o2)CC1. The zero-order valence-electron chi connectivity index (χ0n) is 16.3. The highest BCUT2D eigenvalue weighted by Gasteiger charge is 2.26. The van der Waals surface area contributed by atoms with Crippen LogP contribution in [0, 0.1) is 0 Å². The first-order valence-electron chi connectivity index (χ1n) is 9.64. The largest absolute Gasteiger partial charge is 0.441 e. The molecule has 27 heavy (non-hydrogen) atoms. The molecule has 3 rings (SSSR count). The molecule has 1 fully saturated rings. The second-order valence-corrected chi connectivity index (χ2v) is 7.93. The fourth-order valence-electron chi connectivity index (χ4n) is 3.56. The molecular weight excluding hydrogens is 362 g/mol. The zero-order valence-corrected chi connectivity index (χ0v) is 17.1. The molecule has 1 aromatic carbocycles. The van der Waals surface area contributed by atoms with Crippen LogP contribution in [-0.4, -0.2) is 52.9 Å². The summed E-state index contributed by atoms with van der Waals surface area (Å²) in [6.45, 7) is 6.57. The molecule has 1 aromatic heterocycles. The first-order chi connectivity index (χ1) is 12.9. The molecular formula is C21H28ClN3O2. The number of nitrogens with zero attached hydrogens (tertiary/aromatic N) is 3. The number of aryl methyl sites for hydroxylation is 1. The van der Waals surface area contributed by atoms with E-state index in [-0.39, 0.29) is 5.91 Å². The Morgan fingerprint density at radius 2 is 1.96 bits per heavy atom. The quantitative estimate of drug-likeness (QED) is 0.740. The van der Waals surface area contributed by atoms with Gasteiger partial charge in [-0.2, -0.15) is 0 Å². The van der Waals surface area contributed by atoms with Crippen LogP contribution < -0.4 is 0 Å². The second kappa shape index (κ2) is 8.89. The molecule has 0 aliphatic carbocycles. The van der Waals surface area contributed by atoms with Gasteiger partial charge >= 0.3 is 0 Å². The molecule has 2 aromatic rings. The van der Waals surface area contributed by atoms with Crippen molar-refractivity contribution in [2.45, 2.75) is 51.6 Å². The Bertz CT molecular complexity index is 749. The second-order valence-electron chi connectivity index (χ2n) is 7.49. The van der Waals surface area contributed by atoms with E-state index in [1.54, 1.807) is 6.20 Å². The van der Waals surface area contributed by atoms with Crippen LogP contribution in [0.3, 0.4) is 0 Å². The van der Waals surface area contributed by atoms with Crippen molar-refractivity contribution in [3.8, 4) is 11.3 Å². The average molecular weight is 390 g/mol. The van der Waals surface area contributed by atoms with Gasteiger partial charge in [-0.25, -0.2) is 4.98 Å². The van der Waals surface area contributed by atoms with Gasteiger partial charge in [-0.05, 0) is 51.0 Å². The maximum absolute atomic E-state index is 12.6. The highest BCUT2D eigenvalue weighted by molar-refractivity contribution is 6.30. The lowest BCUT2D eigenvalue weighted by Gasteiger charge is -2.38. The summed E-state index contributed by atoms with van der Waals surface area (Å²) in [6, 6.07) is 8.35. The van der Waals surface area contributed by atoms with Crippen LogP contribution >= 0.6 is 11.6 Å². The molecule has 1 amide bonds. The number of piperidine rings is 1. The highest BCUT2D eigenvalue weighted by atomic mass is 35.5. The molecule has 5 nitrogen and oxygen atoms in total. The summed E-state index contributed by atoms with van der Waals surface area (Å²) in [6.07, 6.45) is 4.72. The summed E-state index contributed by atoms with van der Waals surface area (Å²) >= 11 is 5.91. The fraction of sp³-hybridized carbons (Fsp3) is 0.524. The number of rotatable bonds is 6. The number of hydrogen-bond acceptors (Lipinski definition) is 4. The Hall–Kier alpha value is -1.85. The molecule has 0 bridgehead atoms. The lowest BCUT2D eigenvalue weighted by molar-refractivity contribution is -0.133. The van der Waals surface area contributed by atoms with Gasteiger partial charge in [0.25, 0.3) is 0 Å². The number of oxazole rings is 1. The summed E-state index contributed by atoms with van der Waals surface area (Å²) in [5.41, 5.74) is 0.929. The fourth-order valence-corrected chi connectivity index (χ4v) is 3.68. The number of halogens is 1. The molecule has 0 spiro atoms. The summed E-state index contributed by atoms with van der Waals surface area (Å²) in [4.78, 5) is 21.3. The predicted octanol–water partition coefficient (Wildman–Crippen LogP) is 4.26. The molecule has 146 valence electrons. The monoisotopic (exact) mass is 389 g/mol. The number of carbonyl (C=O) groups excluding carboxylic acids is 1. The average Bonchev–Trinajstić information content (AvgIpc) is 3.15. The molecule has 2 heterocycles. The van der Waals surface area contributed by atoms with Gasteiger partial charge in [-0.3, -0.25) is 4.79 Å². The number of benzene rings is 1. The summed E-state index contributed by atoms with van der Waals surface area (Å²) in [5, 5.41) is 0.686. The van der Waals surface area contributed by atoms with E-state index in [4.69, 9.17) is 16.0 Å². The topological polar surface area (TPSA) is 49.6 Å². The van der Waals surface area contributed by atoms with Crippen LogP contribution in [0.1, 0.15) is 39.0 Å². The first-order valence-corrected chi connectivity index (χ1v) is 10.0. The summed E-state index contributed by atoms with van der Waals surface area (Å²) in [5.74, 6) is 1.45. The van der Waals surface area contributed by atoms with Crippen LogP contribution in [0.15, 0.2) is 34.9 Å². The van der Waals surface area contributed by atoms with Crippen LogP contribution in [-0.2, 0) is 11.2 Å². The standard InChI is InChI=1S/C21H28ClN3O2/c1-15(2)25-12-10-18(11-13-25)24(3)21(26)9-8-20-23-14-19(27-20)16-4-6-17(22)7-5-16/h4-7,14-15,18H,8-13H2,1-3H3. The molecule has 0 atom stereocenters. The number of likely N-dealkylation sites (tertiary alicyclic amines) is 1. The van der Waals surface area contributed by atoms with Crippen molar-refractivity contribution in [2.75, 3.05) is 20.1 Å². The number of aromatic nitrogens is 1. The first kappa shape index (κ1) is 19.9. The van der Waals surface area contributed by atoms with E-state index in [1.165, 1.54) is 0 Å². The molecule has 1 aliphatic heterocycles. The molecule has 0 N–H and O–H groups in total. The van der Waals surface area contributed by atoms with E-state index < -0.39 is 0 Å². The van der Waals surface area contributed by atoms with Gasteiger partial charge in [0.15, 0.2) is 11.7 Å². The predicted molar refractivity (Wildman–Crippen MR) is 108 cm³/mol. The smallest absolute Gasteiger partial charge is 0.223 e. The molecule has 0 radical (unpaired) electrons. The Morgan fingerprint density at radius 3 is 2.59 bits per heavy atom. The third-order valence-electron chi connectivity index (χ3n) is 5.41. The van der Waals surface area contributed by atoms with Crippen molar-refractivity contribution in [1.82, 2.24) is 14.8 Å². The van der Waals surface area contributed by atoms with Crippen LogP contribution in [0.2, 0.25) is 5.02 Å². The van der Waals surface area contributed by atoms with E-state index in [0.717, 1.165) is 31.5 Å². The Labute approximate surface area is 166 Å². The minimum absolute atomic E-state index is 0.157. The van der Waals surface area contributed by atoms with Crippen molar-refractivity contribution < 1.29 is 9.21 Å². The molecule has 0 saturated carbocycles. The number of carbonyl (C=O) groups is 1. The van der Waals surface area contributed by atoms with E-state index in [9.17, 15) is 4.79 Å². The summed E-state index contributed by atoms with van der Waals surface area (Å²) in [7, 11) is 1.92. The van der Waals surface area contributed by atoms with Crippen LogP contribution in [0.5, 0.6) is 0 Å². The Kier molecular flexibility index (Phi) is 6.55. The van der Waals surface area contributed by atoms with Gasteiger partial charge in [0.1, 0.15) is 0 Å². The van der Waals surface area contributed by atoms with Gasteiger partial charge in [0.05, 0.1) is 6.20 Å². The maximum atomic E-state index is 12.6. The molecule has 0 unspecified atom stereocenters. The minimum Gasteiger partial charge on any atom is -0.441 e. The third-order valence-corrected chi connectivity index (χ3v) is 5.66. The zero-order chi connectivity index (χ0) is 19.4. The molecule has 1 saturated heterocycles. The van der Waals surface area contributed by atoms with Gasteiger partial charge in [0.2, 0.25) is 5.91 Å². The maximum Gasteiger partial charge on any atom is 0.223 e. The van der Waals surface area contributed by atoms with Gasteiger partial charge < -0.3 is 14.2 Å².